The molecule has 7 nitrogen and oxygen atoms in total. The molecule has 0 aliphatic heterocycles. The molecule has 0 saturated carbocycles. The molecular formula is C12H20N2O5S. The molecule has 1 aromatic heterocycles. The summed E-state index contributed by atoms with van der Waals surface area (Å²) in [5.74, 6) is 0. The van der Waals surface area contributed by atoms with Gasteiger partial charge in [0.1, 0.15) is 4.90 Å². The Morgan fingerprint density at radius 2 is 2.05 bits per heavy atom. The standard InChI is InChI=1S/C12H20N2O5S/c1-18-8-9-19-7-3-2-5-14-20(16,17)12-10-13-6-4-11(12)15/h4,6,10,14H,2-3,5,7-9H2,1H3,(H,13,15). The van der Waals surface area contributed by atoms with Gasteiger partial charge in [0.25, 0.3) is 0 Å². The molecule has 20 heavy (non-hydrogen) atoms. The Hall–Kier alpha value is -1.22. The minimum Gasteiger partial charge on any atom is -0.382 e. The quantitative estimate of drug-likeness (QED) is 0.597. The van der Waals surface area contributed by atoms with Gasteiger partial charge < -0.3 is 14.5 Å². The van der Waals surface area contributed by atoms with E-state index in [2.05, 4.69) is 9.71 Å². The van der Waals surface area contributed by atoms with E-state index in [-0.39, 0.29) is 11.4 Å². The summed E-state index contributed by atoms with van der Waals surface area (Å²) in [5, 5.41) is 0. The van der Waals surface area contributed by atoms with Gasteiger partial charge in [-0.25, -0.2) is 13.1 Å². The number of hydrogen-bond acceptors (Lipinski definition) is 5. The lowest BCUT2D eigenvalue weighted by Crippen LogP contribution is -2.29. The van der Waals surface area contributed by atoms with Crippen LogP contribution in [0.5, 0.6) is 0 Å². The minimum atomic E-state index is -3.75. The van der Waals surface area contributed by atoms with Crippen LogP contribution in [0.2, 0.25) is 0 Å². The van der Waals surface area contributed by atoms with Crippen molar-refractivity contribution < 1.29 is 17.9 Å². The maximum absolute atomic E-state index is 11.8. The van der Waals surface area contributed by atoms with Crippen LogP contribution in [0, 0.1) is 0 Å². The van der Waals surface area contributed by atoms with Gasteiger partial charge in [0.05, 0.1) is 13.2 Å². The molecule has 0 fully saturated rings. The van der Waals surface area contributed by atoms with Gasteiger partial charge in [-0.2, -0.15) is 0 Å². The number of aromatic amines is 1. The number of sulfonamides is 1. The zero-order chi connectivity index (χ0) is 14.8. The van der Waals surface area contributed by atoms with E-state index < -0.39 is 15.5 Å². The lowest BCUT2D eigenvalue weighted by atomic mass is 10.3. The summed E-state index contributed by atoms with van der Waals surface area (Å²) in [6, 6.07) is 1.18. The Morgan fingerprint density at radius 3 is 2.75 bits per heavy atom. The zero-order valence-electron chi connectivity index (χ0n) is 11.4. The number of pyridine rings is 1. The summed E-state index contributed by atoms with van der Waals surface area (Å²) in [7, 11) is -2.15. The van der Waals surface area contributed by atoms with Crippen LogP contribution in [-0.4, -0.2) is 46.9 Å². The topological polar surface area (TPSA) is 97.5 Å². The number of nitrogens with one attached hydrogen (secondary N) is 2. The molecule has 2 N–H and O–H groups in total. The summed E-state index contributed by atoms with van der Waals surface area (Å²) in [5.41, 5.74) is -0.529. The van der Waals surface area contributed by atoms with E-state index in [1.54, 1.807) is 7.11 Å². The molecule has 0 unspecified atom stereocenters. The van der Waals surface area contributed by atoms with Gasteiger partial charge in [-0.15, -0.1) is 0 Å². The van der Waals surface area contributed by atoms with Crippen molar-refractivity contribution in [1.82, 2.24) is 9.71 Å². The van der Waals surface area contributed by atoms with E-state index in [4.69, 9.17) is 9.47 Å². The summed E-state index contributed by atoms with van der Waals surface area (Å²) >= 11 is 0. The average molecular weight is 304 g/mol. The van der Waals surface area contributed by atoms with Gasteiger partial charge in [0.15, 0.2) is 0 Å². The van der Waals surface area contributed by atoms with Crippen molar-refractivity contribution in [2.24, 2.45) is 0 Å². The van der Waals surface area contributed by atoms with Gasteiger partial charge in [0.2, 0.25) is 15.5 Å². The molecule has 0 saturated heterocycles. The molecular weight excluding hydrogens is 284 g/mol. The molecule has 0 spiro atoms. The number of hydrogen-bond donors (Lipinski definition) is 2. The summed E-state index contributed by atoms with van der Waals surface area (Å²) < 4.78 is 36.2. The van der Waals surface area contributed by atoms with Crippen LogP contribution in [0.15, 0.2) is 28.2 Å². The third kappa shape index (κ3) is 5.83. The summed E-state index contributed by atoms with van der Waals surface area (Å²) in [4.78, 5) is 13.8. The Kier molecular flexibility index (Phi) is 7.45. The van der Waals surface area contributed by atoms with E-state index in [0.717, 1.165) is 6.42 Å². The number of methoxy groups -OCH3 is 1. The summed E-state index contributed by atoms with van der Waals surface area (Å²) in [6.45, 7) is 1.90. The molecule has 1 aromatic rings. The lowest BCUT2D eigenvalue weighted by Gasteiger charge is -2.06. The van der Waals surface area contributed by atoms with Crippen LogP contribution >= 0.6 is 0 Å². The number of ether oxygens (including phenoxy) is 2. The first-order valence-corrected chi connectivity index (χ1v) is 7.79. The fourth-order valence-electron chi connectivity index (χ4n) is 1.47. The van der Waals surface area contributed by atoms with E-state index in [0.29, 0.717) is 26.2 Å². The van der Waals surface area contributed by atoms with Crippen LogP contribution in [0.3, 0.4) is 0 Å². The van der Waals surface area contributed by atoms with Crippen molar-refractivity contribution in [2.75, 3.05) is 33.5 Å². The smallest absolute Gasteiger partial charge is 0.245 e. The van der Waals surface area contributed by atoms with Gasteiger partial charge in [-0.1, -0.05) is 0 Å². The number of rotatable bonds is 10. The molecule has 114 valence electrons. The van der Waals surface area contributed by atoms with Crippen LogP contribution in [0.1, 0.15) is 12.8 Å². The Balaban J connectivity index is 2.28. The minimum absolute atomic E-state index is 0.267. The third-order valence-electron chi connectivity index (χ3n) is 2.52. The van der Waals surface area contributed by atoms with Crippen molar-refractivity contribution in [1.29, 1.82) is 0 Å². The first-order valence-electron chi connectivity index (χ1n) is 6.31. The van der Waals surface area contributed by atoms with Crippen LogP contribution in [0.4, 0.5) is 0 Å². The van der Waals surface area contributed by atoms with E-state index in [9.17, 15) is 13.2 Å². The van der Waals surface area contributed by atoms with Crippen LogP contribution < -0.4 is 10.2 Å². The van der Waals surface area contributed by atoms with Crippen LogP contribution in [-0.2, 0) is 19.5 Å². The second kappa shape index (κ2) is 8.85. The fraction of sp³-hybridized carbons (Fsp3) is 0.583. The molecule has 0 atom stereocenters. The SMILES string of the molecule is COCCOCCCCNS(=O)(=O)c1c[nH]ccc1=O. The number of aromatic nitrogens is 1. The maximum atomic E-state index is 11.8. The maximum Gasteiger partial charge on any atom is 0.245 e. The van der Waals surface area contributed by atoms with E-state index in [1.165, 1.54) is 18.5 Å². The highest BCUT2D eigenvalue weighted by Crippen LogP contribution is 2.00. The summed E-state index contributed by atoms with van der Waals surface area (Å²) in [6.07, 6.45) is 3.94. The highest BCUT2D eigenvalue weighted by molar-refractivity contribution is 7.89. The van der Waals surface area contributed by atoms with Gasteiger partial charge >= 0.3 is 0 Å². The third-order valence-corrected chi connectivity index (χ3v) is 4.00. The predicted molar refractivity (Wildman–Crippen MR) is 74.2 cm³/mol. The molecule has 0 bridgehead atoms. The van der Waals surface area contributed by atoms with Crippen molar-refractivity contribution >= 4 is 10.0 Å². The molecule has 0 amide bonds. The highest BCUT2D eigenvalue weighted by Gasteiger charge is 2.16. The van der Waals surface area contributed by atoms with Crippen molar-refractivity contribution in [3.63, 3.8) is 0 Å². The van der Waals surface area contributed by atoms with Crippen LogP contribution in [0.25, 0.3) is 0 Å². The lowest BCUT2D eigenvalue weighted by molar-refractivity contribution is 0.0689. The fourth-order valence-corrected chi connectivity index (χ4v) is 2.59. The number of H-pyrrole nitrogens is 1. The molecule has 0 radical (unpaired) electrons. The van der Waals surface area contributed by atoms with Crippen molar-refractivity contribution in [3.05, 3.63) is 28.7 Å². The Morgan fingerprint density at radius 1 is 1.25 bits per heavy atom. The Bertz CT molecular complexity index is 541. The van der Waals surface area contributed by atoms with E-state index in [1.807, 2.05) is 0 Å². The largest absolute Gasteiger partial charge is 0.382 e. The first-order chi connectivity index (χ1) is 9.58. The van der Waals surface area contributed by atoms with Gasteiger partial charge in [0, 0.05) is 38.7 Å². The average Bonchev–Trinajstić information content (AvgIpc) is 2.42. The zero-order valence-corrected chi connectivity index (χ0v) is 12.2. The van der Waals surface area contributed by atoms with Crippen molar-refractivity contribution in [2.45, 2.75) is 17.7 Å². The molecule has 1 rings (SSSR count). The Labute approximate surface area is 118 Å². The normalized spacial score (nSPS) is 11.7. The second-order valence-corrected chi connectivity index (χ2v) is 5.82. The molecule has 0 aromatic carbocycles. The second-order valence-electron chi connectivity index (χ2n) is 4.08. The molecule has 0 aliphatic carbocycles. The first kappa shape index (κ1) is 16.8. The predicted octanol–water partition coefficient (Wildman–Crippen LogP) is 0.0964. The monoisotopic (exact) mass is 304 g/mol. The molecule has 0 aliphatic rings. The van der Waals surface area contributed by atoms with E-state index >= 15 is 0 Å². The molecule has 1 heterocycles. The highest BCUT2D eigenvalue weighted by atomic mass is 32.2. The van der Waals surface area contributed by atoms with Gasteiger partial charge in [-0.05, 0) is 12.8 Å². The number of unbranched alkanes of at least 4 members (excludes halogenated alkanes) is 1. The molecule has 8 heteroatoms. The van der Waals surface area contributed by atoms with Crippen molar-refractivity contribution in [3.8, 4) is 0 Å². The van der Waals surface area contributed by atoms with Gasteiger partial charge in [-0.3, -0.25) is 4.79 Å².